The van der Waals surface area contributed by atoms with Gasteiger partial charge in [-0.2, -0.15) is 5.10 Å². The number of aromatic nitrogens is 1. The summed E-state index contributed by atoms with van der Waals surface area (Å²) in [4.78, 5) is 28.6. The van der Waals surface area contributed by atoms with Gasteiger partial charge in [0.15, 0.2) is 0 Å². The Morgan fingerprint density at radius 1 is 1.07 bits per heavy atom. The monoisotopic (exact) mass is 611 g/mol. The molecule has 0 radical (unpaired) electrons. The highest BCUT2D eigenvalue weighted by Gasteiger charge is 2.22. The van der Waals surface area contributed by atoms with Crippen LogP contribution in [0.3, 0.4) is 0 Å². The summed E-state index contributed by atoms with van der Waals surface area (Å²) >= 11 is 1.53. The molecule has 0 atom stereocenters. The van der Waals surface area contributed by atoms with Gasteiger partial charge in [-0.05, 0) is 91.5 Å². The molecule has 0 aliphatic heterocycles. The second kappa shape index (κ2) is 15.3. The summed E-state index contributed by atoms with van der Waals surface area (Å²) in [5.41, 5.74) is 6.93. The lowest BCUT2D eigenvalue weighted by molar-refractivity contribution is -0.144. The van der Waals surface area contributed by atoms with Crippen LogP contribution in [-0.4, -0.2) is 29.9 Å². The highest BCUT2D eigenvalue weighted by molar-refractivity contribution is 7.22. The van der Waals surface area contributed by atoms with Crippen molar-refractivity contribution in [2.45, 2.75) is 57.8 Å². The third-order valence-electron chi connectivity index (χ3n) is 7.95. The fourth-order valence-electron chi connectivity index (χ4n) is 5.38. The number of hydrazone groups is 1. The molecule has 9 heteroatoms. The summed E-state index contributed by atoms with van der Waals surface area (Å²) in [6.07, 6.45) is 9.57. The van der Waals surface area contributed by atoms with Crippen molar-refractivity contribution in [1.29, 1.82) is 0 Å². The minimum absolute atomic E-state index is 0.197. The first-order chi connectivity index (χ1) is 21.5. The minimum Gasteiger partial charge on any atom is -0.457 e. The Kier molecular flexibility index (Phi) is 10.8. The standard InChI is InChI=1S/C35H37N3O5S/c1-3-24-9-14-26(15-10-24)27-16-19-31(28(21-27)22-36-38-35-37-30-7-5-6-8-32(30)44-35)43-34(40)20-13-25-11-17-29(18-12-25)41-23-42-33(39)4-2/h4-8,11-12,16-19,21-22,24,26H,2-3,9-10,13-15,20,23H2,1H3,(H,37,38)/b36-22+. The molecule has 0 saturated heterocycles. The number of anilines is 1. The highest BCUT2D eigenvalue weighted by atomic mass is 32.1. The van der Waals surface area contributed by atoms with Crippen molar-refractivity contribution >= 4 is 44.8 Å². The number of fused-ring (bicyclic) bond motifs is 1. The molecule has 5 rings (SSSR count). The molecule has 4 aromatic rings. The zero-order valence-corrected chi connectivity index (χ0v) is 25.7. The number of thiazole rings is 1. The van der Waals surface area contributed by atoms with E-state index in [0.717, 1.165) is 33.3 Å². The van der Waals surface area contributed by atoms with Gasteiger partial charge in [0.25, 0.3) is 0 Å². The molecule has 1 heterocycles. The fourth-order valence-corrected chi connectivity index (χ4v) is 6.20. The summed E-state index contributed by atoms with van der Waals surface area (Å²) < 4.78 is 17.1. The van der Waals surface area contributed by atoms with Crippen LogP contribution < -0.4 is 14.9 Å². The van der Waals surface area contributed by atoms with Crippen molar-refractivity contribution in [2.24, 2.45) is 11.0 Å². The van der Waals surface area contributed by atoms with E-state index >= 15 is 0 Å². The quantitative estimate of drug-likeness (QED) is 0.0408. The predicted molar refractivity (Wildman–Crippen MR) is 174 cm³/mol. The van der Waals surface area contributed by atoms with E-state index < -0.39 is 5.97 Å². The van der Waals surface area contributed by atoms with Crippen LogP contribution in [0.1, 0.15) is 68.1 Å². The molecule has 1 N–H and O–H groups in total. The van der Waals surface area contributed by atoms with Gasteiger partial charge < -0.3 is 14.2 Å². The zero-order valence-electron chi connectivity index (χ0n) is 24.9. The largest absolute Gasteiger partial charge is 0.457 e. The maximum absolute atomic E-state index is 12.9. The van der Waals surface area contributed by atoms with Crippen molar-refractivity contribution in [3.8, 4) is 11.5 Å². The van der Waals surface area contributed by atoms with Crippen molar-refractivity contribution in [3.63, 3.8) is 0 Å². The molecule has 1 saturated carbocycles. The van der Waals surface area contributed by atoms with E-state index in [2.05, 4.69) is 41.1 Å². The van der Waals surface area contributed by atoms with Crippen molar-refractivity contribution in [1.82, 2.24) is 4.98 Å². The van der Waals surface area contributed by atoms with E-state index in [1.807, 2.05) is 42.5 Å². The number of para-hydroxylation sites is 1. The Bertz CT molecular complexity index is 1570. The van der Waals surface area contributed by atoms with Gasteiger partial charge in [-0.3, -0.25) is 10.2 Å². The lowest BCUT2D eigenvalue weighted by atomic mass is 9.77. The van der Waals surface area contributed by atoms with Crippen LogP contribution in [0.25, 0.3) is 10.2 Å². The number of carbonyl (C=O) groups is 2. The predicted octanol–water partition coefficient (Wildman–Crippen LogP) is 8.03. The third-order valence-corrected chi connectivity index (χ3v) is 8.89. The molecule has 8 nitrogen and oxygen atoms in total. The van der Waals surface area contributed by atoms with Crippen LogP contribution in [0, 0.1) is 5.92 Å². The van der Waals surface area contributed by atoms with E-state index in [9.17, 15) is 9.59 Å². The molecule has 3 aromatic carbocycles. The first kappa shape index (κ1) is 30.9. The Morgan fingerprint density at radius 3 is 2.61 bits per heavy atom. The highest BCUT2D eigenvalue weighted by Crippen LogP contribution is 2.38. The van der Waals surface area contributed by atoms with Gasteiger partial charge in [0.05, 0.1) is 16.4 Å². The number of benzene rings is 3. The molecular formula is C35H37N3O5S. The van der Waals surface area contributed by atoms with Crippen LogP contribution in [0.2, 0.25) is 0 Å². The third kappa shape index (κ3) is 8.54. The average molecular weight is 612 g/mol. The minimum atomic E-state index is -0.548. The average Bonchev–Trinajstić information content (AvgIpc) is 3.48. The summed E-state index contributed by atoms with van der Waals surface area (Å²) in [6, 6.07) is 21.3. The molecule has 0 unspecified atom stereocenters. The SMILES string of the molecule is C=CC(=O)OCOc1ccc(CCC(=O)Oc2ccc(C3CCC(CC)CC3)cc2/C=N/Nc2nc3ccccc3s2)cc1. The topological polar surface area (TPSA) is 99.1 Å². The second-order valence-electron chi connectivity index (χ2n) is 10.8. The number of nitrogens with one attached hydrogen (secondary N) is 1. The lowest BCUT2D eigenvalue weighted by Crippen LogP contribution is -2.14. The van der Waals surface area contributed by atoms with Gasteiger partial charge in [0.2, 0.25) is 11.9 Å². The van der Waals surface area contributed by atoms with Gasteiger partial charge in [-0.15, -0.1) is 0 Å². The first-order valence-electron chi connectivity index (χ1n) is 15.0. The summed E-state index contributed by atoms with van der Waals surface area (Å²) in [5.74, 6) is 1.47. The molecule has 1 aromatic heterocycles. The second-order valence-corrected chi connectivity index (χ2v) is 11.9. The van der Waals surface area contributed by atoms with Crippen LogP contribution in [0.5, 0.6) is 11.5 Å². The maximum Gasteiger partial charge on any atom is 0.333 e. The van der Waals surface area contributed by atoms with Crippen molar-refractivity contribution in [2.75, 3.05) is 12.2 Å². The maximum atomic E-state index is 12.9. The Morgan fingerprint density at radius 2 is 1.86 bits per heavy atom. The summed E-state index contributed by atoms with van der Waals surface area (Å²) in [7, 11) is 0. The van der Waals surface area contributed by atoms with Crippen LogP contribution >= 0.6 is 11.3 Å². The number of ether oxygens (including phenoxy) is 3. The smallest absolute Gasteiger partial charge is 0.333 e. The Labute approximate surface area is 261 Å². The van der Waals surface area contributed by atoms with Crippen LogP contribution in [0.15, 0.2) is 84.5 Å². The van der Waals surface area contributed by atoms with Gasteiger partial charge >= 0.3 is 11.9 Å². The molecule has 0 spiro atoms. The van der Waals surface area contributed by atoms with Gasteiger partial charge in [0.1, 0.15) is 11.5 Å². The van der Waals surface area contributed by atoms with E-state index in [0.29, 0.717) is 29.0 Å². The molecule has 1 aliphatic carbocycles. The molecular weight excluding hydrogens is 574 g/mol. The van der Waals surface area contributed by atoms with Gasteiger partial charge in [-0.1, -0.05) is 61.6 Å². The number of nitrogens with zero attached hydrogens (tertiary/aromatic N) is 2. The molecule has 0 amide bonds. The molecule has 1 aliphatic rings. The van der Waals surface area contributed by atoms with E-state index in [-0.39, 0.29) is 19.2 Å². The molecule has 1 fully saturated rings. The number of esters is 2. The molecule has 0 bridgehead atoms. The lowest BCUT2D eigenvalue weighted by Gasteiger charge is -2.28. The Hall–Kier alpha value is -4.50. The van der Waals surface area contributed by atoms with Crippen molar-refractivity contribution < 1.29 is 23.8 Å². The first-order valence-corrected chi connectivity index (χ1v) is 15.8. The summed E-state index contributed by atoms with van der Waals surface area (Å²) in [5, 5.41) is 5.16. The van der Waals surface area contributed by atoms with Crippen LogP contribution in [-0.2, 0) is 20.7 Å². The number of hydrogen-bond acceptors (Lipinski definition) is 9. The molecule has 44 heavy (non-hydrogen) atoms. The van der Waals surface area contributed by atoms with Gasteiger partial charge in [0, 0.05) is 18.1 Å². The number of hydrogen-bond donors (Lipinski definition) is 1. The number of rotatable bonds is 13. The van der Waals surface area contributed by atoms with E-state index in [1.54, 1.807) is 18.3 Å². The van der Waals surface area contributed by atoms with Crippen LogP contribution in [0.4, 0.5) is 5.13 Å². The Balaban J connectivity index is 1.22. The zero-order chi connectivity index (χ0) is 30.7. The normalized spacial score (nSPS) is 16.5. The van der Waals surface area contributed by atoms with Gasteiger partial charge in [-0.25, -0.2) is 9.78 Å². The number of carbonyl (C=O) groups excluding carboxylic acids is 2. The fraction of sp³-hybridized carbons (Fsp3) is 0.314. The van der Waals surface area contributed by atoms with E-state index in [1.165, 1.54) is 49.0 Å². The van der Waals surface area contributed by atoms with Crippen molar-refractivity contribution in [3.05, 3.63) is 96.1 Å². The molecule has 228 valence electrons. The summed E-state index contributed by atoms with van der Waals surface area (Å²) in [6.45, 7) is 5.42. The number of aryl methyl sites for hydroxylation is 1. The van der Waals surface area contributed by atoms with E-state index in [4.69, 9.17) is 14.2 Å².